The summed E-state index contributed by atoms with van der Waals surface area (Å²) < 4.78 is 32.2. The molecule has 1 saturated heterocycles. The first kappa shape index (κ1) is 22.1. The first-order chi connectivity index (χ1) is 14.3. The van der Waals surface area contributed by atoms with Gasteiger partial charge in [0, 0.05) is 38.2 Å². The summed E-state index contributed by atoms with van der Waals surface area (Å²) in [5.74, 6) is -0.975. The molecule has 3 rings (SSSR count). The van der Waals surface area contributed by atoms with Gasteiger partial charge in [0.15, 0.2) is 0 Å². The normalized spacial score (nSPS) is 14.9. The molecule has 10 nitrogen and oxygen atoms in total. The summed E-state index contributed by atoms with van der Waals surface area (Å²) >= 11 is 6.11. The first-order valence-corrected chi connectivity index (χ1v) is 10.8. The predicted molar refractivity (Wildman–Crippen MR) is 109 cm³/mol. The fourth-order valence-electron chi connectivity index (χ4n) is 2.80. The highest BCUT2D eigenvalue weighted by Crippen LogP contribution is 2.28. The van der Waals surface area contributed by atoms with Crippen molar-refractivity contribution >= 4 is 39.1 Å². The second kappa shape index (κ2) is 9.47. The lowest BCUT2D eigenvalue weighted by Gasteiger charge is -2.26. The molecule has 1 fully saturated rings. The first-order valence-electron chi connectivity index (χ1n) is 8.98. The molecule has 1 aromatic heterocycles. The molecule has 160 valence electrons. The van der Waals surface area contributed by atoms with Crippen molar-refractivity contribution < 1.29 is 22.7 Å². The zero-order chi connectivity index (χ0) is 21.7. The highest BCUT2D eigenvalue weighted by Gasteiger charge is 2.28. The van der Waals surface area contributed by atoms with E-state index < -0.39 is 21.8 Å². The van der Waals surface area contributed by atoms with Crippen molar-refractivity contribution in [3.05, 3.63) is 47.5 Å². The minimum atomic E-state index is -3.83. The molecule has 1 aromatic carbocycles. The van der Waals surface area contributed by atoms with E-state index in [1.807, 2.05) is 0 Å². The van der Waals surface area contributed by atoms with Crippen LogP contribution >= 0.6 is 11.6 Å². The number of hydrogen-bond acceptors (Lipinski definition) is 7. The van der Waals surface area contributed by atoms with E-state index in [1.165, 1.54) is 53.0 Å². The zero-order valence-electron chi connectivity index (χ0n) is 16.1. The summed E-state index contributed by atoms with van der Waals surface area (Å²) in [5, 5.41) is 2.64. The van der Waals surface area contributed by atoms with Crippen LogP contribution in [0.2, 0.25) is 5.02 Å². The van der Waals surface area contributed by atoms with Gasteiger partial charge in [0.05, 0.1) is 31.0 Å². The van der Waals surface area contributed by atoms with Crippen LogP contribution in [-0.2, 0) is 19.6 Å². The van der Waals surface area contributed by atoms with Crippen LogP contribution in [-0.4, -0.2) is 79.3 Å². The number of carbonyl (C=O) groups is 2. The molecule has 0 bridgehead atoms. The number of likely N-dealkylation sites (N-methyl/N-ethyl adjacent to an activating group) is 1. The van der Waals surface area contributed by atoms with Gasteiger partial charge in [-0.2, -0.15) is 4.31 Å². The molecule has 0 atom stereocenters. The van der Waals surface area contributed by atoms with E-state index in [2.05, 4.69) is 15.3 Å². The van der Waals surface area contributed by atoms with Gasteiger partial charge in [0.1, 0.15) is 10.6 Å². The van der Waals surface area contributed by atoms with E-state index in [0.717, 1.165) is 0 Å². The summed E-state index contributed by atoms with van der Waals surface area (Å²) in [4.78, 5) is 33.4. The number of benzene rings is 1. The van der Waals surface area contributed by atoms with E-state index in [-0.39, 0.29) is 40.9 Å². The van der Waals surface area contributed by atoms with E-state index in [0.29, 0.717) is 13.2 Å². The van der Waals surface area contributed by atoms with Crippen molar-refractivity contribution in [2.24, 2.45) is 0 Å². The summed E-state index contributed by atoms with van der Waals surface area (Å²) in [6.45, 7) is 0.803. The van der Waals surface area contributed by atoms with Gasteiger partial charge in [-0.3, -0.25) is 14.6 Å². The Hall–Kier alpha value is -2.60. The molecule has 1 aliphatic rings. The van der Waals surface area contributed by atoms with Crippen LogP contribution < -0.4 is 5.32 Å². The number of rotatable bonds is 6. The Morgan fingerprint density at radius 3 is 2.67 bits per heavy atom. The van der Waals surface area contributed by atoms with Gasteiger partial charge in [-0.15, -0.1) is 0 Å². The zero-order valence-corrected chi connectivity index (χ0v) is 17.7. The number of halogens is 1. The van der Waals surface area contributed by atoms with E-state index in [9.17, 15) is 18.0 Å². The van der Waals surface area contributed by atoms with Gasteiger partial charge >= 0.3 is 0 Å². The molecule has 30 heavy (non-hydrogen) atoms. The third-order valence-corrected chi connectivity index (χ3v) is 6.69. The number of morpholine rings is 1. The number of carbonyl (C=O) groups excluding carboxylic acids is 2. The molecule has 0 aliphatic carbocycles. The Bertz CT molecular complexity index is 1030. The molecule has 2 aromatic rings. The number of amides is 2. The lowest BCUT2D eigenvalue weighted by Crippen LogP contribution is -2.40. The van der Waals surface area contributed by atoms with Crippen molar-refractivity contribution in [3.8, 4) is 0 Å². The highest BCUT2D eigenvalue weighted by atomic mass is 35.5. The molecule has 0 saturated carbocycles. The van der Waals surface area contributed by atoms with Crippen LogP contribution in [0.15, 0.2) is 41.7 Å². The maximum atomic E-state index is 12.9. The molecule has 0 unspecified atom stereocenters. The molecular weight excluding hydrogens is 434 g/mol. The molecule has 0 spiro atoms. The monoisotopic (exact) mass is 453 g/mol. The minimum absolute atomic E-state index is 0.0504. The highest BCUT2D eigenvalue weighted by molar-refractivity contribution is 7.89. The lowest BCUT2D eigenvalue weighted by atomic mass is 10.3. The molecular formula is C18H20ClN5O5S. The molecule has 0 radical (unpaired) electrons. The summed E-state index contributed by atoms with van der Waals surface area (Å²) in [6, 6.07) is 4.19. The Morgan fingerprint density at radius 2 is 2.00 bits per heavy atom. The quantitative estimate of drug-likeness (QED) is 0.688. The number of anilines is 1. The van der Waals surface area contributed by atoms with Crippen molar-refractivity contribution in [2.45, 2.75) is 4.90 Å². The smallest absolute Gasteiger partial charge is 0.274 e. The summed E-state index contributed by atoms with van der Waals surface area (Å²) in [6.07, 6.45) is 4.12. The molecule has 2 heterocycles. The standard InChI is InChI=1S/C18H20ClN5O5S/c1-23(18(26)15-11-20-4-5-21-15)12-17(25)22-13-2-3-14(19)16(10-13)30(27,28)24-6-8-29-9-7-24/h2-5,10-11H,6-9,12H2,1H3,(H,22,25). The number of nitrogens with zero attached hydrogens (tertiary/aromatic N) is 4. The van der Waals surface area contributed by atoms with Gasteiger partial charge < -0.3 is 15.0 Å². The average molecular weight is 454 g/mol. The maximum Gasteiger partial charge on any atom is 0.274 e. The van der Waals surface area contributed by atoms with Crippen LogP contribution in [0.4, 0.5) is 5.69 Å². The fourth-order valence-corrected chi connectivity index (χ4v) is 4.71. The molecule has 1 aliphatic heterocycles. The SMILES string of the molecule is CN(CC(=O)Nc1ccc(Cl)c(S(=O)(=O)N2CCOCC2)c1)C(=O)c1cnccn1. The third-order valence-electron chi connectivity index (χ3n) is 4.31. The van der Waals surface area contributed by atoms with Crippen LogP contribution in [0.3, 0.4) is 0 Å². The van der Waals surface area contributed by atoms with Crippen molar-refractivity contribution in [1.82, 2.24) is 19.2 Å². The van der Waals surface area contributed by atoms with Gasteiger partial charge in [0.2, 0.25) is 15.9 Å². The van der Waals surface area contributed by atoms with Crippen LogP contribution in [0, 0.1) is 0 Å². The minimum Gasteiger partial charge on any atom is -0.379 e. The summed E-state index contributed by atoms with van der Waals surface area (Å²) in [7, 11) is -2.38. The predicted octanol–water partition coefficient (Wildman–Crippen LogP) is 0.862. The number of aromatic nitrogens is 2. The van der Waals surface area contributed by atoms with Crippen molar-refractivity contribution in [3.63, 3.8) is 0 Å². The number of nitrogens with one attached hydrogen (secondary N) is 1. The molecule has 1 N–H and O–H groups in total. The maximum absolute atomic E-state index is 12.9. The van der Waals surface area contributed by atoms with Crippen LogP contribution in [0.1, 0.15) is 10.5 Å². The van der Waals surface area contributed by atoms with Gasteiger partial charge in [0.25, 0.3) is 5.91 Å². The van der Waals surface area contributed by atoms with Crippen LogP contribution in [0.5, 0.6) is 0 Å². The Morgan fingerprint density at radius 1 is 1.27 bits per heavy atom. The lowest BCUT2D eigenvalue weighted by molar-refractivity contribution is -0.116. The van der Waals surface area contributed by atoms with Gasteiger partial charge in [-0.25, -0.2) is 13.4 Å². The second-order valence-corrected chi connectivity index (χ2v) is 8.78. The van der Waals surface area contributed by atoms with E-state index in [1.54, 1.807) is 0 Å². The van der Waals surface area contributed by atoms with E-state index >= 15 is 0 Å². The van der Waals surface area contributed by atoms with Crippen molar-refractivity contribution in [1.29, 1.82) is 0 Å². The Kier molecular flexibility index (Phi) is 6.98. The largest absolute Gasteiger partial charge is 0.379 e. The Labute approximate surface area is 178 Å². The Balaban J connectivity index is 1.70. The summed E-state index contributed by atoms with van der Waals surface area (Å²) in [5.41, 5.74) is 0.356. The topological polar surface area (TPSA) is 122 Å². The van der Waals surface area contributed by atoms with Crippen LogP contribution in [0.25, 0.3) is 0 Å². The molecule has 2 amide bonds. The average Bonchev–Trinajstić information content (AvgIpc) is 2.75. The van der Waals surface area contributed by atoms with E-state index in [4.69, 9.17) is 16.3 Å². The van der Waals surface area contributed by atoms with Crippen molar-refractivity contribution in [2.75, 3.05) is 45.2 Å². The fraction of sp³-hybridized carbons (Fsp3) is 0.333. The molecule has 12 heteroatoms. The third kappa shape index (κ3) is 5.11. The number of hydrogen-bond donors (Lipinski definition) is 1. The number of sulfonamides is 1. The van der Waals surface area contributed by atoms with Gasteiger partial charge in [-0.05, 0) is 18.2 Å². The number of ether oxygens (including phenoxy) is 1. The van der Waals surface area contributed by atoms with Gasteiger partial charge in [-0.1, -0.05) is 11.6 Å². The second-order valence-electron chi connectivity index (χ2n) is 6.46.